The van der Waals surface area contributed by atoms with Crippen LogP contribution >= 0.6 is 0 Å². The second-order valence-corrected chi connectivity index (χ2v) is 8.02. The van der Waals surface area contributed by atoms with Gasteiger partial charge in [-0.25, -0.2) is 8.42 Å². The number of amides is 1. The number of nitrogens with zero attached hydrogens (tertiary/aromatic N) is 4. The number of carbonyl (C=O) groups excluding carboxylic acids is 1. The molecule has 0 fully saturated rings. The molecule has 1 aliphatic heterocycles. The van der Waals surface area contributed by atoms with Crippen molar-refractivity contribution in [3.63, 3.8) is 0 Å². The van der Waals surface area contributed by atoms with Crippen LogP contribution in [-0.4, -0.2) is 46.4 Å². The Kier molecular flexibility index (Phi) is 4.91. The predicted molar refractivity (Wildman–Crippen MR) is 89.1 cm³/mol. The maximum Gasteiger partial charge on any atom is 0.256 e. The summed E-state index contributed by atoms with van der Waals surface area (Å²) in [6.07, 6.45) is 4.14. The van der Waals surface area contributed by atoms with Crippen molar-refractivity contribution in [2.75, 3.05) is 12.8 Å². The summed E-state index contributed by atoms with van der Waals surface area (Å²) in [5.41, 5.74) is 1.94. The van der Waals surface area contributed by atoms with Crippen molar-refractivity contribution in [2.24, 2.45) is 0 Å². The number of fused-ring (bicyclic) bond motifs is 1. The second kappa shape index (κ2) is 6.96. The van der Waals surface area contributed by atoms with Gasteiger partial charge >= 0.3 is 0 Å². The van der Waals surface area contributed by atoms with Crippen LogP contribution in [0.25, 0.3) is 0 Å². The van der Waals surface area contributed by atoms with Crippen molar-refractivity contribution in [2.45, 2.75) is 39.4 Å². The summed E-state index contributed by atoms with van der Waals surface area (Å²) in [7, 11) is -3.22. The molecule has 0 saturated heterocycles. The van der Waals surface area contributed by atoms with Gasteiger partial charge in [-0.1, -0.05) is 12.1 Å². The Morgan fingerprint density at radius 2 is 2.20 bits per heavy atom. The Bertz CT molecular complexity index is 870. The zero-order chi connectivity index (χ0) is 18.0. The van der Waals surface area contributed by atoms with Crippen LogP contribution in [0.4, 0.5) is 0 Å². The van der Waals surface area contributed by atoms with E-state index in [1.807, 2.05) is 13.0 Å². The zero-order valence-electron chi connectivity index (χ0n) is 14.2. The zero-order valence-corrected chi connectivity index (χ0v) is 15.0. The van der Waals surface area contributed by atoms with E-state index in [-0.39, 0.29) is 12.5 Å². The third kappa shape index (κ3) is 3.90. The standard InChI is InChI=1S/C15H21N5O4S/c1-3-4-14-13(9-17-24-14)15(21)16-8-11-7-12-10-19(25(2,22)23)5-6-20(12)18-11/h7,9H,3-6,8,10H2,1-2H3,(H,16,21). The first kappa shape index (κ1) is 17.6. The fourth-order valence-electron chi connectivity index (χ4n) is 2.79. The molecule has 1 aliphatic rings. The van der Waals surface area contributed by atoms with E-state index in [2.05, 4.69) is 15.6 Å². The number of hydrogen-bond donors (Lipinski definition) is 1. The van der Waals surface area contributed by atoms with E-state index < -0.39 is 10.0 Å². The lowest BCUT2D eigenvalue weighted by Gasteiger charge is -2.25. The monoisotopic (exact) mass is 367 g/mol. The fraction of sp³-hybridized carbons (Fsp3) is 0.533. The highest BCUT2D eigenvalue weighted by atomic mass is 32.2. The molecule has 136 valence electrons. The van der Waals surface area contributed by atoms with Gasteiger partial charge in [-0.15, -0.1) is 0 Å². The first-order valence-electron chi connectivity index (χ1n) is 8.11. The molecule has 0 unspecified atom stereocenters. The Balaban J connectivity index is 1.64. The Morgan fingerprint density at radius 1 is 1.40 bits per heavy atom. The minimum atomic E-state index is -3.22. The first-order valence-corrected chi connectivity index (χ1v) is 9.95. The molecule has 0 aromatic carbocycles. The highest BCUT2D eigenvalue weighted by Gasteiger charge is 2.24. The largest absolute Gasteiger partial charge is 0.361 e. The van der Waals surface area contributed by atoms with Gasteiger partial charge in [-0.05, 0) is 12.5 Å². The van der Waals surface area contributed by atoms with Crippen molar-refractivity contribution in [3.05, 3.63) is 35.0 Å². The van der Waals surface area contributed by atoms with Gasteiger partial charge in [-0.3, -0.25) is 9.48 Å². The molecule has 2 aromatic rings. The van der Waals surface area contributed by atoms with Gasteiger partial charge in [0.1, 0.15) is 11.3 Å². The molecule has 0 bridgehead atoms. The van der Waals surface area contributed by atoms with Crippen molar-refractivity contribution < 1.29 is 17.7 Å². The summed E-state index contributed by atoms with van der Waals surface area (Å²) >= 11 is 0. The number of nitrogens with one attached hydrogen (secondary N) is 1. The molecule has 0 radical (unpaired) electrons. The van der Waals surface area contributed by atoms with E-state index in [1.54, 1.807) is 4.68 Å². The summed E-state index contributed by atoms with van der Waals surface area (Å²) in [5, 5.41) is 10.9. The molecule has 1 N–H and O–H groups in total. The van der Waals surface area contributed by atoms with E-state index in [0.29, 0.717) is 43.1 Å². The number of rotatable bonds is 6. The highest BCUT2D eigenvalue weighted by molar-refractivity contribution is 7.88. The van der Waals surface area contributed by atoms with E-state index in [0.717, 1.165) is 12.1 Å². The molecule has 1 amide bonds. The van der Waals surface area contributed by atoms with Crippen LogP contribution in [0.15, 0.2) is 16.8 Å². The first-order chi connectivity index (χ1) is 11.9. The van der Waals surface area contributed by atoms with Crippen LogP contribution in [-0.2, 0) is 36.1 Å². The van der Waals surface area contributed by atoms with Crippen molar-refractivity contribution in [3.8, 4) is 0 Å². The number of aryl methyl sites for hydroxylation is 1. The average Bonchev–Trinajstić information content (AvgIpc) is 3.17. The smallest absolute Gasteiger partial charge is 0.256 e. The summed E-state index contributed by atoms with van der Waals surface area (Å²) in [6, 6.07) is 1.82. The molecule has 0 saturated carbocycles. The molecule has 25 heavy (non-hydrogen) atoms. The average molecular weight is 367 g/mol. The highest BCUT2D eigenvalue weighted by Crippen LogP contribution is 2.16. The number of aromatic nitrogens is 3. The van der Waals surface area contributed by atoms with Gasteiger partial charge < -0.3 is 9.84 Å². The third-order valence-corrected chi connectivity index (χ3v) is 5.33. The van der Waals surface area contributed by atoms with Gasteiger partial charge in [-0.2, -0.15) is 9.40 Å². The molecular formula is C15H21N5O4S. The SMILES string of the molecule is CCCc1oncc1C(=O)NCc1cc2n(n1)CCN(S(C)(=O)=O)C2. The third-order valence-electron chi connectivity index (χ3n) is 4.08. The van der Waals surface area contributed by atoms with Crippen LogP contribution in [0.1, 0.15) is 40.9 Å². The van der Waals surface area contributed by atoms with Crippen molar-refractivity contribution in [1.29, 1.82) is 0 Å². The number of carbonyl (C=O) groups is 1. The summed E-state index contributed by atoms with van der Waals surface area (Å²) < 4.78 is 31.6. The molecule has 3 heterocycles. The topological polar surface area (TPSA) is 110 Å². The van der Waals surface area contributed by atoms with Gasteiger partial charge in [0.15, 0.2) is 0 Å². The predicted octanol–water partition coefficient (Wildman–Crippen LogP) is 0.529. The number of sulfonamides is 1. The summed E-state index contributed by atoms with van der Waals surface area (Å²) in [5.74, 6) is 0.321. The molecule has 10 heteroatoms. The maximum atomic E-state index is 12.3. The molecule has 9 nitrogen and oxygen atoms in total. The Morgan fingerprint density at radius 3 is 2.92 bits per heavy atom. The maximum absolute atomic E-state index is 12.3. The fourth-order valence-corrected chi connectivity index (χ4v) is 3.57. The summed E-state index contributed by atoms with van der Waals surface area (Å²) in [6.45, 7) is 3.46. The lowest BCUT2D eigenvalue weighted by atomic mass is 10.1. The quantitative estimate of drug-likeness (QED) is 0.797. The van der Waals surface area contributed by atoms with E-state index in [1.165, 1.54) is 16.8 Å². The van der Waals surface area contributed by atoms with Gasteiger partial charge in [0.05, 0.1) is 43.5 Å². The Hall–Kier alpha value is -2.20. The van der Waals surface area contributed by atoms with Gasteiger partial charge in [0.25, 0.3) is 5.91 Å². The van der Waals surface area contributed by atoms with Crippen LogP contribution in [0.2, 0.25) is 0 Å². The van der Waals surface area contributed by atoms with Crippen LogP contribution in [0.3, 0.4) is 0 Å². The van der Waals surface area contributed by atoms with Crippen LogP contribution in [0.5, 0.6) is 0 Å². The molecule has 2 aromatic heterocycles. The lowest BCUT2D eigenvalue weighted by Crippen LogP contribution is -2.37. The van der Waals surface area contributed by atoms with Gasteiger partial charge in [0.2, 0.25) is 10.0 Å². The van der Waals surface area contributed by atoms with Crippen LogP contribution in [0, 0.1) is 0 Å². The van der Waals surface area contributed by atoms with E-state index in [4.69, 9.17) is 4.52 Å². The molecule has 0 spiro atoms. The lowest BCUT2D eigenvalue weighted by molar-refractivity contribution is 0.0948. The summed E-state index contributed by atoms with van der Waals surface area (Å²) in [4.78, 5) is 12.3. The van der Waals surface area contributed by atoms with Crippen LogP contribution < -0.4 is 5.32 Å². The van der Waals surface area contributed by atoms with E-state index >= 15 is 0 Å². The Labute approximate surface area is 146 Å². The number of hydrogen-bond acceptors (Lipinski definition) is 6. The van der Waals surface area contributed by atoms with E-state index in [9.17, 15) is 13.2 Å². The second-order valence-electron chi connectivity index (χ2n) is 6.04. The molecule has 0 atom stereocenters. The van der Waals surface area contributed by atoms with Gasteiger partial charge in [0, 0.05) is 13.0 Å². The minimum Gasteiger partial charge on any atom is -0.361 e. The molecule has 3 rings (SSSR count). The normalized spacial score (nSPS) is 15.1. The molecule has 0 aliphatic carbocycles. The van der Waals surface area contributed by atoms with Crippen molar-refractivity contribution >= 4 is 15.9 Å². The minimum absolute atomic E-state index is 0.256. The van der Waals surface area contributed by atoms with Crippen molar-refractivity contribution in [1.82, 2.24) is 24.6 Å². The molecular weight excluding hydrogens is 346 g/mol.